The molecule has 1 atom stereocenters. The zero-order valence-electron chi connectivity index (χ0n) is 15.4. The maximum atomic E-state index is 11.6. The summed E-state index contributed by atoms with van der Waals surface area (Å²) in [5.41, 5.74) is 8.82. The van der Waals surface area contributed by atoms with Gasteiger partial charge in [0.1, 0.15) is 0 Å². The van der Waals surface area contributed by atoms with E-state index in [0.717, 1.165) is 23.2 Å². The van der Waals surface area contributed by atoms with Crippen LogP contribution in [0.4, 0.5) is 0 Å². The zero-order chi connectivity index (χ0) is 18.6. The van der Waals surface area contributed by atoms with Crippen LogP contribution in [0.15, 0.2) is 6.20 Å². The zero-order valence-corrected chi connectivity index (χ0v) is 17.1. The van der Waals surface area contributed by atoms with E-state index >= 15 is 0 Å². The van der Waals surface area contributed by atoms with E-state index in [-0.39, 0.29) is 16.9 Å². The maximum Gasteiger partial charge on any atom is 0.225 e. The Labute approximate surface area is 153 Å². The van der Waals surface area contributed by atoms with Gasteiger partial charge < -0.3 is 10.2 Å². The molecule has 1 aliphatic rings. The Hall–Kier alpha value is -1.44. The summed E-state index contributed by atoms with van der Waals surface area (Å²) >= 11 is 6.38. The average molecular weight is 381 g/mol. The first-order valence-corrected chi connectivity index (χ1v) is 11.8. The van der Waals surface area contributed by atoms with Gasteiger partial charge in [-0.3, -0.25) is 4.79 Å². The SMILES string of the molecule is CC(C)(C)[Si](C)(C)OCc1c(Cl)nn2c3c(cnc12)C(C(N)=O)CC3. The first-order valence-electron chi connectivity index (χ1n) is 8.51. The molecular weight excluding hydrogens is 356 g/mol. The molecule has 6 nitrogen and oxygen atoms in total. The molecule has 136 valence electrons. The van der Waals surface area contributed by atoms with Crippen molar-refractivity contribution in [3.8, 4) is 0 Å². The topological polar surface area (TPSA) is 82.5 Å². The van der Waals surface area contributed by atoms with E-state index in [1.54, 1.807) is 10.7 Å². The van der Waals surface area contributed by atoms with Crippen LogP contribution in [0.5, 0.6) is 0 Å². The van der Waals surface area contributed by atoms with Crippen LogP contribution < -0.4 is 5.73 Å². The fraction of sp³-hybridized carbons (Fsp3) is 0.588. The van der Waals surface area contributed by atoms with Gasteiger partial charge in [0, 0.05) is 11.8 Å². The minimum atomic E-state index is -1.90. The van der Waals surface area contributed by atoms with E-state index in [4.69, 9.17) is 21.8 Å². The van der Waals surface area contributed by atoms with Gasteiger partial charge in [-0.05, 0) is 31.0 Å². The molecule has 0 bridgehead atoms. The second-order valence-electron chi connectivity index (χ2n) is 8.21. The molecule has 0 saturated heterocycles. The Bertz CT molecular complexity index is 841. The molecule has 2 aromatic heterocycles. The molecule has 0 radical (unpaired) electrons. The predicted molar refractivity (Wildman–Crippen MR) is 100 cm³/mol. The highest BCUT2D eigenvalue weighted by atomic mass is 35.5. The van der Waals surface area contributed by atoms with Gasteiger partial charge in [-0.1, -0.05) is 32.4 Å². The molecule has 3 rings (SSSR count). The first kappa shape index (κ1) is 18.4. The van der Waals surface area contributed by atoms with Crippen molar-refractivity contribution in [2.24, 2.45) is 5.73 Å². The number of fused-ring (bicyclic) bond motifs is 3. The highest BCUT2D eigenvalue weighted by Gasteiger charge is 2.38. The van der Waals surface area contributed by atoms with Crippen molar-refractivity contribution < 1.29 is 9.22 Å². The molecule has 0 saturated carbocycles. The first-order chi connectivity index (χ1) is 11.5. The minimum absolute atomic E-state index is 0.117. The monoisotopic (exact) mass is 380 g/mol. The predicted octanol–water partition coefficient (Wildman–Crippen LogP) is 3.42. The number of nitrogens with zero attached hydrogens (tertiary/aromatic N) is 3. The van der Waals surface area contributed by atoms with Gasteiger partial charge in [0.05, 0.1) is 23.8 Å². The molecule has 1 unspecified atom stereocenters. The number of aryl methyl sites for hydroxylation is 1. The van der Waals surface area contributed by atoms with E-state index in [1.807, 2.05) is 0 Å². The van der Waals surface area contributed by atoms with E-state index in [9.17, 15) is 4.79 Å². The fourth-order valence-corrected chi connectivity index (χ4v) is 4.08. The minimum Gasteiger partial charge on any atom is -0.412 e. The highest BCUT2D eigenvalue weighted by Crippen LogP contribution is 2.38. The smallest absolute Gasteiger partial charge is 0.225 e. The lowest BCUT2D eigenvalue weighted by Crippen LogP contribution is -2.40. The molecule has 25 heavy (non-hydrogen) atoms. The third kappa shape index (κ3) is 3.09. The van der Waals surface area contributed by atoms with Crippen LogP contribution in [-0.2, 0) is 22.2 Å². The molecule has 0 fully saturated rings. The highest BCUT2D eigenvalue weighted by molar-refractivity contribution is 6.74. The average Bonchev–Trinajstić information content (AvgIpc) is 3.04. The summed E-state index contributed by atoms with van der Waals surface area (Å²) in [6.45, 7) is 11.4. The molecule has 2 N–H and O–H groups in total. The van der Waals surface area contributed by atoms with Crippen molar-refractivity contribution in [2.45, 2.75) is 64.3 Å². The summed E-state index contributed by atoms with van der Waals surface area (Å²) in [6, 6.07) is 0. The Balaban J connectivity index is 1.97. The summed E-state index contributed by atoms with van der Waals surface area (Å²) in [5.74, 6) is -0.610. The van der Waals surface area contributed by atoms with E-state index in [1.165, 1.54) is 0 Å². The number of hydrogen-bond donors (Lipinski definition) is 1. The van der Waals surface area contributed by atoms with Crippen molar-refractivity contribution in [3.05, 3.63) is 28.2 Å². The number of carbonyl (C=O) groups is 1. The Morgan fingerprint density at radius 3 is 2.76 bits per heavy atom. The normalized spacial score (nSPS) is 17.9. The van der Waals surface area contributed by atoms with E-state index < -0.39 is 8.32 Å². The van der Waals surface area contributed by atoms with Gasteiger partial charge in [-0.15, -0.1) is 0 Å². The van der Waals surface area contributed by atoms with Gasteiger partial charge in [0.2, 0.25) is 5.91 Å². The van der Waals surface area contributed by atoms with Crippen LogP contribution in [0.1, 0.15) is 49.9 Å². The number of amides is 1. The van der Waals surface area contributed by atoms with Crippen LogP contribution in [0, 0.1) is 0 Å². The third-order valence-electron chi connectivity index (χ3n) is 5.59. The van der Waals surface area contributed by atoms with Gasteiger partial charge in [-0.2, -0.15) is 5.10 Å². The largest absolute Gasteiger partial charge is 0.412 e. The van der Waals surface area contributed by atoms with Crippen molar-refractivity contribution in [1.29, 1.82) is 0 Å². The molecule has 0 aromatic carbocycles. The van der Waals surface area contributed by atoms with Gasteiger partial charge >= 0.3 is 0 Å². The van der Waals surface area contributed by atoms with Crippen molar-refractivity contribution in [1.82, 2.24) is 14.6 Å². The lowest BCUT2D eigenvalue weighted by Gasteiger charge is -2.36. The van der Waals surface area contributed by atoms with Gasteiger partial charge in [-0.25, -0.2) is 9.50 Å². The van der Waals surface area contributed by atoms with E-state index in [2.05, 4.69) is 43.9 Å². The number of hydrogen-bond acceptors (Lipinski definition) is 4. The van der Waals surface area contributed by atoms with Crippen LogP contribution in [0.3, 0.4) is 0 Å². The Morgan fingerprint density at radius 2 is 2.16 bits per heavy atom. The number of carbonyl (C=O) groups excluding carboxylic acids is 1. The summed E-state index contributed by atoms with van der Waals surface area (Å²) in [7, 11) is -1.90. The number of primary amides is 1. The van der Waals surface area contributed by atoms with Crippen LogP contribution in [0.2, 0.25) is 23.3 Å². The quantitative estimate of drug-likeness (QED) is 0.824. The second kappa shape index (κ2) is 6.07. The number of nitrogens with two attached hydrogens (primary N) is 1. The van der Waals surface area contributed by atoms with Crippen molar-refractivity contribution in [3.63, 3.8) is 0 Å². The number of rotatable bonds is 4. The molecule has 8 heteroatoms. The van der Waals surface area contributed by atoms with Crippen LogP contribution in [0.25, 0.3) is 5.65 Å². The summed E-state index contributed by atoms with van der Waals surface area (Å²) in [6.07, 6.45) is 3.17. The molecule has 2 heterocycles. The number of aromatic nitrogens is 3. The van der Waals surface area contributed by atoms with Crippen LogP contribution >= 0.6 is 11.6 Å². The maximum absolute atomic E-state index is 11.6. The van der Waals surface area contributed by atoms with Gasteiger partial charge in [0.25, 0.3) is 0 Å². The molecule has 0 spiro atoms. The fourth-order valence-electron chi connectivity index (χ4n) is 2.93. The number of halogens is 1. The summed E-state index contributed by atoms with van der Waals surface area (Å²) in [5, 5.41) is 4.97. The molecule has 0 aliphatic heterocycles. The molecule has 2 aromatic rings. The lowest BCUT2D eigenvalue weighted by atomic mass is 10.0. The van der Waals surface area contributed by atoms with Crippen molar-refractivity contribution in [2.75, 3.05) is 0 Å². The van der Waals surface area contributed by atoms with Crippen LogP contribution in [-0.4, -0.2) is 28.8 Å². The molecule has 1 amide bonds. The van der Waals surface area contributed by atoms with Gasteiger partial charge in [0.15, 0.2) is 19.1 Å². The third-order valence-corrected chi connectivity index (χ3v) is 10.4. The Kier molecular flexibility index (Phi) is 4.46. The lowest BCUT2D eigenvalue weighted by molar-refractivity contribution is -0.119. The standard InChI is InChI=1S/C17H25ClN4O2Si/c1-17(2,3)25(4,5)24-9-12-14(18)21-22-13-7-6-10(15(19)23)11(13)8-20-16(12)22/h8,10H,6-7,9H2,1-5H3,(H2,19,23). The summed E-state index contributed by atoms with van der Waals surface area (Å²) < 4.78 is 8.05. The van der Waals surface area contributed by atoms with E-state index in [0.29, 0.717) is 23.8 Å². The van der Waals surface area contributed by atoms with Crippen molar-refractivity contribution >= 4 is 31.5 Å². The molecular formula is C17H25ClN4O2Si. The summed E-state index contributed by atoms with van der Waals surface area (Å²) in [4.78, 5) is 16.1. The Morgan fingerprint density at radius 1 is 1.48 bits per heavy atom. The second-order valence-corrected chi connectivity index (χ2v) is 13.4. The molecule has 1 aliphatic carbocycles.